The lowest BCUT2D eigenvalue weighted by Gasteiger charge is -2.08. The molecule has 2 rings (SSSR count). The van der Waals surface area contributed by atoms with Gasteiger partial charge in [-0.2, -0.15) is 8.78 Å². The van der Waals surface area contributed by atoms with Crippen LogP contribution in [0.25, 0.3) is 0 Å². The topological polar surface area (TPSA) is 146 Å². The number of sulfone groups is 1. The minimum atomic E-state index is -4.82. The van der Waals surface area contributed by atoms with Crippen molar-refractivity contribution in [2.24, 2.45) is 0 Å². The molecule has 33 heavy (non-hydrogen) atoms. The highest BCUT2D eigenvalue weighted by Crippen LogP contribution is 2.28. The van der Waals surface area contributed by atoms with Gasteiger partial charge in [0, 0.05) is 0 Å². The van der Waals surface area contributed by atoms with Gasteiger partial charge in [-0.3, -0.25) is 14.9 Å². The zero-order valence-electron chi connectivity index (χ0n) is 17.6. The third-order valence-electron chi connectivity index (χ3n) is 4.16. The zero-order chi connectivity index (χ0) is 24.9. The molecular formula is C20H19F2NO9S. The molecule has 0 atom stereocenters. The number of amides is 1. The van der Waals surface area contributed by atoms with Crippen molar-refractivity contribution in [1.29, 1.82) is 0 Å². The third-order valence-corrected chi connectivity index (χ3v) is 5.55. The molecule has 1 aromatic heterocycles. The molecule has 0 fully saturated rings. The van der Waals surface area contributed by atoms with Crippen LogP contribution < -0.4 is 5.32 Å². The number of carbonyl (C=O) groups is 4. The highest BCUT2D eigenvalue weighted by atomic mass is 32.2. The number of nitrogens with one attached hydrogen (secondary N) is 1. The van der Waals surface area contributed by atoms with E-state index in [-0.39, 0.29) is 34.9 Å². The third kappa shape index (κ3) is 5.80. The summed E-state index contributed by atoms with van der Waals surface area (Å²) in [7, 11) is -4.82. The normalized spacial score (nSPS) is 11.2. The molecular weight excluding hydrogens is 468 g/mol. The summed E-state index contributed by atoms with van der Waals surface area (Å²) < 4.78 is 62.9. The van der Waals surface area contributed by atoms with E-state index in [1.54, 1.807) is 6.92 Å². The van der Waals surface area contributed by atoms with Crippen LogP contribution in [-0.4, -0.2) is 51.0 Å². The number of halogens is 2. The minimum Gasteiger partial charge on any atom is -0.462 e. The number of ketones is 1. The van der Waals surface area contributed by atoms with Gasteiger partial charge in [0.25, 0.3) is 5.91 Å². The summed E-state index contributed by atoms with van der Waals surface area (Å²) in [6.45, 7) is 3.32. The molecule has 1 heterocycles. The molecule has 0 saturated carbocycles. The summed E-state index contributed by atoms with van der Waals surface area (Å²) >= 11 is 0. The molecule has 13 heteroatoms. The Kier molecular flexibility index (Phi) is 8.03. The number of furan rings is 1. The molecule has 178 valence electrons. The van der Waals surface area contributed by atoms with Crippen LogP contribution in [0.15, 0.2) is 33.6 Å². The predicted octanol–water partition coefficient (Wildman–Crippen LogP) is 2.76. The van der Waals surface area contributed by atoms with Crippen molar-refractivity contribution in [1.82, 2.24) is 0 Å². The smallest absolute Gasteiger partial charge is 0.344 e. The van der Waals surface area contributed by atoms with Crippen molar-refractivity contribution in [3.63, 3.8) is 0 Å². The lowest BCUT2D eigenvalue weighted by Crippen LogP contribution is -2.22. The first kappa shape index (κ1) is 25.6. The summed E-state index contributed by atoms with van der Waals surface area (Å²) in [5.74, 6) is -7.27. The van der Waals surface area contributed by atoms with E-state index in [1.165, 1.54) is 13.8 Å². The number of esters is 2. The van der Waals surface area contributed by atoms with Crippen LogP contribution in [0, 0.1) is 6.92 Å². The van der Waals surface area contributed by atoms with Gasteiger partial charge < -0.3 is 13.9 Å². The van der Waals surface area contributed by atoms with Crippen molar-refractivity contribution < 1.29 is 50.3 Å². The van der Waals surface area contributed by atoms with Crippen molar-refractivity contribution in [3.8, 4) is 0 Å². The van der Waals surface area contributed by atoms with E-state index in [9.17, 15) is 36.4 Å². The van der Waals surface area contributed by atoms with E-state index in [2.05, 4.69) is 5.32 Å². The Labute approximate surface area is 186 Å². The van der Waals surface area contributed by atoms with E-state index in [0.29, 0.717) is 0 Å². The Hall–Kier alpha value is -3.61. The van der Waals surface area contributed by atoms with Crippen LogP contribution in [0.4, 0.5) is 14.7 Å². The molecule has 2 aromatic rings. The largest absolute Gasteiger partial charge is 0.462 e. The monoisotopic (exact) mass is 487 g/mol. The average molecular weight is 487 g/mol. The standard InChI is InChI=1S/C20H19F2NO9S/c1-4-30-19(27)16-15(10(2)24)11(3)32-17(16)23-14(25)9-31-18(26)12-5-7-13(8-6-12)33(28,29)20(21)22/h5-8,20H,4,9H2,1-3H3,(H,23,25). The van der Waals surface area contributed by atoms with Gasteiger partial charge in [0.15, 0.2) is 12.4 Å². The number of ether oxygens (including phenoxy) is 2. The number of benzene rings is 1. The fourth-order valence-corrected chi connectivity index (χ4v) is 3.44. The number of hydrogen-bond donors (Lipinski definition) is 1. The maximum atomic E-state index is 12.6. The predicted molar refractivity (Wildman–Crippen MR) is 108 cm³/mol. The van der Waals surface area contributed by atoms with Gasteiger partial charge in [-0.1, -0.05) is 0 Å². The van der Waals surface area contributed by atoms with E-state index < -0.39 is 50.7 Å². The number of hydrogen-bond acceptors (Lipinski definition) is 9. The van der Waals surface area contributed by atoms with Crippen LogP contribution in [0.2, 0.25) is 0 Å². The van der Waals surface area contributed by atoms with Crippen LogP contribution in [-0.2, 0) is 24.1 Å². The summed E-state index contributed by atoms with van der Waals surface area (Å²) in [6, 6.07) is 3.50. The van der Waals surface area contributed by atoms with Crippen LogP contribution in [0.1, 0.15) is 50.7 Å². The average Bonchev–Trinajstić information content (AvgIpc) is 3.07. The van der Waals surface area contributed by atoms with Crippen molar-refractivity contribution in [2.45, 2.75) is 31.4 Å². The first-order chi connectivity index (χ1) is 15.4. The van der Waals surface area contributed by atoms with Crippen LogP contribution in [0.3, 0.4) is 0 Å². The van der Waals surface area contributed by atoms with Gasteiger partial charge in [-0.05, 0) is 45.0 Å². The number of anilines is 1. The zero-order valence-corrected chi connectivity index (χ0v) is 18.5. The van der Waals surface area contributed by atoms with Crippen LogP contribution in [0.5, 0.6) is 0 Å². The maximum Gasteiger partial charge on any atom is 0.344 e. The lowest BCUT2D eigenvalue weighted by atomic mass is 10.1. The number of alkyl halides is 2. The second-order valence-corrected chi connectivity index (χ2v) is 8.39. The van der Waals surface area contributed by atoms with Crippen molar-refractivity contribution in [2.75, 3.05) is 18.5 Å². The van der Waals surface area contributed by atoms with Gasteiger partial charge in [-0.25, -0.2) is 18.0 Å². The fraction of sp³-hybridized carbons (Fsp3) is 0.300. The number of Topliss-reactive ketones (excluding diaryl/α,β-unsaturated/α-hetero) is 1. The Morgan fingerprint density at radius 3 is 2.15 bits per heavy atom. The minimum absolute atomic E-state index is 0.00279. The lowest BCUT2D eigenvalue weighted by molar-refractivity contribution is -0.119. The number of rotatable bonds is 9. The Balaban J connectivity index is 2.10. The van der Waals surface area contributed by atoms with Gasteiger partial charge in [-0.15, -0.1) is 0 Å². The second kappa shape index (κ2) is 10.3. The molecule has 0 bridgehead atoms. The van der Waals surface area contributed by atoms with Gasteiger partial charge in [0.2, 0.25) is 15.7 Å². The molecule has 0 radical (unpaired) electrons. The van der Waals surface area contributed by atoms with Gasteiger partial charge >= 0.3 is 17.7 Å². The summed E-state index contributed by atoms with van der Waals surface area (Å²) in [5.41, 5.74) is -0.548. The van der Waals surface area contributed by atoms with Crippen molar-refractivity contribution >= 4 is 39.4 Å². The van der Waals surface area contributed by atoms with E-state index in [1.807, 2.05) is 0 Å². The maximum absolute atomic E-state index is 12.6. The van der Waals surface area contributed by atoms with Crippen LogP contribution >= 0.6 is 0 Å². The second-order valence-electron chi connectivity index (χ2n) is 6.47. The number of carbonyl (C=O) groups excluding carboxylic acids is 4. The Bertz CT molecular complexity index is 1180. The van der Waals surface area contributed by atoms with E-state index in [0.717, 1.165) is 24.3 Å². The van der Waals surface area contributed by atoms with E-state index >= 15 is 0 Å². The first-order valence-electron chi connectivity index (χ1n) is 9.30. The molecule has 1 aromatic carbocycles. The number of aryl methyl sites for hydroxylation is 1. The molecule has 0 aliphatic heterocycles. The quantitative estimate of drug-likeness (QED) is 0.417. The molecule has 0 unspecified atom stereocenters. The van der Waals surface area contributed by atoms with Crippen molar-refractivity contribution in [3.05, 3.63) is 46.7 Å². The summed E-state index contributed by atoms with van der Waals surface area (Å²) in [6.07, 6.45) is 0. The molecule has 0 spiro atoms. The Morgan fingerprint density at radius 2 is 1.64 bits per heavy atom. The SMILES string of the molecule is CCOC(=O)c1c(NC(=O)COC(=O)c2ccc(S(=O)(=O)C(F)F)cc2)oc(C)c1C(C)=O. The highest BCUT2D eigenvalue weighted by molar-refractivity contribution is 7.91. The van der Waals surface area contributed by atoms with E-state index in [4.69, 9.17) is 13.9 Å². The Morgan fingerprint density at radius 1 is 1.03 bits per heavy atom. The molecule has 0 aliphatic carbocycles. The molecule has 10 nitrogen and oxygen atoms in total. The van der Waals surface area contributed by atoms with Gasteiger partial charge in [0.05, 0.1) is 22.6 Å². The molecule has 1 amide bonds. The first-order valence-corrected chi connectivity index (χ1v) is 10.8. The highest BCUT2D eigenvalue weighted by Gasteiger charge is 2.29. The molecule has 0 saturated heterocycles. The fourth-order valence-electron chi connectivity index (χ4n) is 2.72. The molecule has 1 N–H and O–H groups in total. The summed E-state index contributed by atoms with van der Waals surface area (Å²) in [4.78, 5) is 47.6. The molecule has 0 aliphatic rings. The summed E-state index contributed by atoms with van der Waals surface area (Å²) in [5, 5.41) is 2.22. The van der Waals surface area contributed by atoms with Gasteiger partial charge in [0.1, 0.15) is 11.3 Å².